The Morgan fingerprint density at radius 3 is 2.29 bits per heavy atom. The molecule has 0 saturated carbocycles. The van der Waals surface area contributed by atoms with Gasteiger partial charge in [-0.25, -0.2) is 5.14 Å². The Morgan fingerprint density at radius 2 is 1.76 bits per heavy atom. The number of anilines is 1. The van der Waals surface area contributed by atoms with Crippen molar-refractivity contribution >= 4 is 15.9 Å². The van der Waals surface area contributed by atoms with Crippen LogP contribution in [-0.2, 0) is 16.8 Å². The van der Waals surface area contributed by atoms with Crippen molar-refractivity contribution in [3.05, 3.63) is 29.8 Å². The van der Waals surface area contributed by atoms with E-state index in [9.17, 15) is 8.42 Å². The van der Waals surface area contributed by atoms with Crippen LogP contribution in [0.3, 0.4) is 0 Å². The van der Waals surface area contributed by atoms with Crippen LogP contribution in [0.4, 0.5) is 5.69 Å². The highest BCUT2D eigenvalue weighted by atomic mass is 32.2. The predicted molar refractivity (Wildman–Crippen MR) is 67.7 cm³/mol. The number of hydrogen-bond acceptors (Lipinski definition) is 3. The van der Waals surface area contributed by atoms with Gasteiger partial charge in [0.25, 0.3) is 10.2 Å². The van der Waals surface area contributed by atoms with Crippen LogP contribution in [0.1, 0.15) is 18.4 Å². The quantitative estimate of drug-likeness (QED) is 0.839. The van der Waals surface area contributed by atoms with E-state index < -0.39 is 10.2 Å². The zero-order valence-electron chi connectivity index (χ0n) is 9.59. The number of likely N-dealkylation sites (tertiary alicyclic amines) is 1. The molecule has 0 radical (unpaired) electrons. The van der Waals surface area contributed by atoms with Crippen molar-refractivity contribution in [3.63, 3.8) is 0 Å². The van der Waals surface area contributed by atoms with E-state index >= 15 is 0 Å². The van der Waals surface area contributed by atoms with Gasteiger partial charge in [0.2, 0.25) is 0 Å². The Labute approximate surface area is 102 Å². The molecule has 5 nitrogen and oxygen atoms in total. The number of nitrogens with zero attached hydrogens (tertiary/aromatic N) is 1. The van der Waals surface area contributed by atoms with Crippen LogP contribution in [-0.4, -0.2) is 26.4 Å². The molecule has 0 aromatic heterocycles. The van der Waals surface area contributed by atoms with E-state index in [1.807, 2.05) is 12.1 Å². The summed E-state index contributed by atoms with van der Waals surface area (Å²) < 4.78 is 23.9. The molecular formula is C11H17N3O2S. The first-order chi connectivity index (χ1) is 8.03. The second kappa shape index (κ2) is 5.03. The Morgan fingerprint density at radius 1 is 1.18 bits per heavy atom. The summed E-state index contributed by atoms with van der Waals surface area (Å²) in [5, 5.41) is 4.89. The summed E-state index contributed by atoms with van der Waals surface area (Å²) in [4.78, 5) is 2.39. The van der Waals surface area contributed by atoms with Crippen LogP contribution >= 0.6 is 0 Å². The van der Waals surface area contributed by atoms with E-state index in [0.717, 1.165) is 19.6 Å². The zero-order valence-corrected chi connectivity index (χ0v) is 10.4. The van der Waals surface area contributed by atoms with E-state index in [0.29, 0.717) is 5.69 Å². The van der Waals surface area contributed by atoms with Crippen LogP contribution in [0.25, 0.3) is 0 Å². The average molecular weight is 255 g/mol. The monoisotopic (exact) mass is 255 g/mol. The molecule has 1 saturated heterocycles. The molecule has 1 aliphatic heterocycles. The fourth-order valence-electron chi connectivity index (χ4n) is 2.04. The maximum Gasteiger partial charge on any atom is 0.296 e. The van der Waals surface area contributed by atoms with Gasteiger partial charge in [0.05, 0.1) is 0 Å². The standard InChI is InChI=1S/C11H17N3O2S/c12-17(15,16)13-11-5-3-10(4-6-11)9-14-7-1-2-8-14/h3-6,13H,1-2,7-9H2,(H2,12,15,16). The van der Waals surface area contributed by atoms with E-state index in [1.54, 1.807) is 12.1 Å². The van der Waals surface area contributed by atoms with Gasteiger partial charge in [-0.15, -0.1) is 0 Å². The first kappa shape index (κ1) is 12.3. The normalized spacial score (nSPS) is 17.2. The Balaban J connectivity index is 1.97. The fraction of sp³-hybridized carbons (Fsp3) is 0.455. The van der Waals surface area contributed by atoms with Crippen LogP contribution in [0.5, 0.6) is 0 Å². The lowest BCUT2D eigenvalue weighted by atomic mass is 10.2. The molecule has 6 heteroatoms. The smallest absolute Gasteiger partial charge is 0.296 e. The summed E-state index contributed by atoms with van der Waals surface area (Å²) in [6.45, 7) is 3.23. The molecule has 0 atom stereocenters. The van der Waals surface area contributed by atoms with Gasteiger partial charge in [-0.3, -0.25) is 9.62 Å². The summed E-state index contributed by atoms with van der Waals surface area (Å²) in [6.07, 6.45) is 2.54. The molecule has 1 aliphatic rings. The summed E-state index contributed by atoms with van der Waals surface area (Å²) in [5.41, 5.74) is 1.68. The molecule has 1 heterocycles. The van der Waals surface area contributed by atoms with Crippen molar-refractivity contribution in [2.75, 3.05) is 17.8 Å². The molecule has 1 fully saturated rings. The van der Waals surface area contributed by atoms with Crippen LogP contribution < -0.4 is 9.86 Å². The lowest BCUT2D eigenvalue weighted by Crippen LogP contribution is -2.21. The van der Waals surface area contributed by atoms with Gasteiger partial charge in [-0.1, -0.05) is 12.1 Å². The third-order valence-electron chi connectivity index (χ3n) is 2.82. The third kappa shape index (κ3) is 3.99. The molecule has 3 N–H and O–H groups in total. The molecule has 0 amide bonds. The molecule has 17 heavy (non-hydrogen) atoms. The van der Waals surface area contributed by atoms with Crippen LogP contribution in [0.2, 0.25) is 0 Å². The van der Waals surface area contributed by atoms with Crippen molar-refractivity contribution in [1.82, 2.24) is 4.90 Å². The Hall–Kier alpha value is -1.11. The fourth-order valence-corrected chi connectivity index (χ4v) is 2.51. The van der Waals surface area contributed by atoms with Gasteiger partial charge in [-0.2, -0.15) is 8.42 Å². The van der Waals surface area contributed by atoms with Crippen molar-refractivity contribution in [2.45, 2.75) is 19.4 Å². The number of hydrogen-bond donors (Lipinski definition) is 2. The van der Waals surface area contributed by atoms with Gasteiger partial charge >= 0.3 is 0 Å². The molecule has 94 valence electrons. The number of rotatable bonds is 4. The minimum atomic E-state index is -3.67. The average Bonchev–Trinajstić information content (AvgIpc) is 2.71. The number of benzene rings is 1. The first-order valence-corrected chi connectivity index (χ1v) is 7.19. The second-order valence-corrected chi connectivity index (χ2v) is 5.62. The van der Waals surface area contributed by atoms with Gasteiger partial charge in [0.15, 0.2) is 0 Å². The molecule has 0 spiro atoms. The SMILES string of the molecule is NS(=O)(=O)Nc1ccc(CN2CCCC2)cc1. The minimum Gasteiger partial charge on any atom is -0.299 e. The van der Waals surface area contributed by atoms with Crippen molar-refractivity contribution in [1.29, 1.82) is 0 Å². The lowest BCUT2D eigenvalue weighted by Gasteiger charge is -2.14. The highest BCUT2D eigenvalue weighted by Gasteiger charge is 2.11. The highest BCUT2D eigenvalue weighted by molar-refractivity contribution is 7.90. The van der Waals surface area contributed by atoms with Crippen molar-refractivity contribution < 1.29 is 8.42 Å². The van der Waals surface area contributed by atoms with Gasteiger partial charge < -0.3 is 0 Å². The van der Waals surface area contributed by atoms with E-state index in [4.69, 9.17) is 5.14 Å². The molecule has 2 rings (SSSR count). The molecular weight excluding hydrogens is 238 g/mol. The number of nitrogens with one attached hydrogen (secondary N) is 1. The minimum absolute atomic E-state index is 0.498. The predicted octanol–water partition coefficient (Wildman–Crippen LogP) is 0.898. The zero-order chi connectivity index (χ0) is 12.3. The summed E-state index contributed by atoms with van der Waals surface area (Å²) in [7, 11) is -3.67. The lowest BCUT2D eigenvalue weighted by molar-refractivity contribution is 0.331. The molecule has 0 aliphatic carbocycles. The van der Waals surface area contributed by atoms with E-state index in [2.05, 4.69) is 9.62 Å². The maximum absolute atomic E-state index is 10.8. The van der Waals surface area contributed by atoms with Crippen LogP contribution in [0, 0.1) is 0 Å². The Kier molecular flexibility index (Phi) is 3.66. The van der Waals surface area contributed by atoms with Crippen molar-refractivity contribution in [2.24, 2.45) is 5.14 Å². The summed E-state index contributed by atoms with van der Waals surface area (Å²) in [6, 6.07) is 7.31. The van der Waals surface area contributed by atoms with Crippen molar-refractivity contribution in [3.8, 4) is 0 Å². The van der Waals surface area contributed by atoms with E-state index in [-0.39, 0.29) is 0 Å². The number of nitrogens with two attached hydrogens (primary N) is 1. The third-order valence-corrected chi connectivity index (χ3v) is 3.34. The van der Waals surface area contributed by atoms with Gasteiger partial charge in [0.1, 0.15) is 0 Å². The topological polar surface area (TPSA) is 75.4 Å². The molecule has 1 aromatic rings. The van der Waals surface area contributed by atoms with Gasteiger partial charge in [0, 0.05) is 12.2 Å². The van der Waals surface area contributed by atoms with Crippen LogP contribution in [0.15, 0.2) is 24.3 Å². The second-order valence-electron chi connectivity index (χ2n) is 4.33. The largest absolute Gasteiger partial charge is 0.299 e. The molecule has 1 aromatic carbocycles. The summed E-state index contributed by atoms with van der Waals surface area (Å²) >= 11 is 0. The van der Waals surface area contributed by atoms with E-state index in [1.165, 1.54) is 18.4 Å². The maximum atomic E-state index is 10.8. The summed E-state index contributed by atoms with van der Waals surface area (Å²) in [5.74, 6) is 0. The first-order valence-electron chi connectivity index (χ1n) is 5.65. The Bertz CT molecular complexity index is 464. The van der Waals surface area contributed by atoms with Gasteiger partial charge in [-0.05, 0) is 43.6 Å². The molecule has 0 unspecified atom stereocenters. The molecule has 0 bridgehead atoms. The highest BCUT2D eigenvalue weighted by Crippen LogP contribution is 2.15.